The summed E-state index contributed by atoms with van der Waals surface area (Å²) in [5.74, 6) is 2.55. The molecule has 4 heteroatoms. The van der Waals surface area contributed by atoms with Crippen molar-refractivity contribution < 1.29 is 0 Å². The van der Waals surface area contributed by atoms with Gasteiger partial charge >= 0.3 is 0 Å². The molecule has 1 saturated heterocycles. The fourth-order valence-corrected chi connectivity index (χ4v) is 2.63. The molecule has 1 aromatic rings. The lowest BCUT2D eigenvalue weighted by molar-refractivity contribution is 0.274. The Hall–Kier alpha value is -0.830. The van der Waals surface area contributed by atoms with E-state index in [1.165, 1.54) is 12.8 Å². The molecule has 0 spiro atoms. The van der Waals surface area contributed by atoms with Crippen LogP contribution >= 0.6 is 11.6 Å². The van der Waals surface area contributed by atoms with Gasteiger partial charge in [-0.25, -0.2) is 9.97 Å². The third-order valence-electron chi connectivity index (χ3n) is 3.56. The Kier molecular flexibility index (Phi) is 2.37. The molecule has 17 heavy (non-hydrogen) atoms. The molecule has 2 aliphatic rings. The summed E-state index contributed by atoms with van der Waals surface area (Å²) in [6.07, 6.45) is 2.43. The second-order valence-corrected chi connectivity index (χ2v) is 6.47. The largest absolute Gasteiger partial charge is 0.355 e. The first-order chi connectivity index (χ1) is 7.96. The SMILES string of the molecule is Cc1c(Cl)nc(C2CC2)nc1N1CC(C)(C)C1. The molecule has 1 aliphatic carbocycles. The van der Waals surface area contributed by atoms with Gasteiger partial charge < -0.3 is 4.90 Å². The van der Waals surface area contributed by atoms with E-state index in [4.69, 9.17) is 16.6 Å². The highest BCUT2D eigenvalue weighted by Gasteiger charge is 2.37. The molecule has 1 saturated carbocycles. The first-order valence-corrected chi connectivity index (χ1v) is 6.63. The van der Waals surface area contributed by atoms with E-state index in [9.17, 15) is 0 Å². The van der Waals surface area contributed by atoms with E-state index >= 15 is 0 Å². The van der Waals surface area contributed by atoms with Gasteiger partial charge in [0.1, 0.15) is 16.8 Å². The molecule has 92 valence electrons. The maximum atomic E-state index is 6.21. The number of halogens is 1. The van der Waals surface area contributed by atoms with Crippen molar-refractivity contribution in [3.8, 4) is 0 Å². The van der Waals surface area contributed by atoms with E-state index in [0.717, 1.165) is 30.3 Å². The van der Waals surface area contributed by atoms with Crippen LogP contribution in [0.4, 0.5) is 5.82 Å². The van der Waals surface area contributed by atoms with E-state index in [0.29, 0.717) is 16.5 Å². The number of hydrogen-bond acceptors (Lipinski definition) is 3. The zero-order chi connectivity index (χ0) is 12.2. The smallest absolute Gasteiger partial charge is 0.137 e. The standard InChI is InChI=1S/C13H18ClN3/c1-8-10(14)15-11(9-4-5-9)16-12(8)17-6-13(2,3)7-17/h9H,4-7H2,1-3H3. The van der Waals surface area contributed by atoms with Crippen LogP contribution in [0.1, 0.15) is 44.0 Å². The highest BCUT2D eigenvalue weighted by molar-refractivity contribution is 6.30. The number of anilines is 1. The van der Waals surface area contributed by atoms with Gasteiger partial charge in [-0.05, 0) is 25.2 Å². The molecule has 0 N–H and O–H groups in total. The first-order valence-electron chi connectivity index (χ1n) is 6.25. The van der Waals surface area contributed by atoms with Crippen molar-refractivity contribution in [1.82, 2.24) is 9.97 Å². The lowest BCUT2D eigenvalue weighted by Gasteiger charge is -2.47. The van der Waals surface area contributed by atoms with Crippen molar-refractivity contribution in [3.05, 3.63) is 16.5 Å². The van der Waals surface area contributed by atoms with E-state index in [1.807, 2.05) is 6.92 Å². The molecular weight excluding hydrogens is 234 g/mol. The molecule has 3 rings (SSSR count). The van der Waals surface area contributed by atoms with Crippen molar-refractivity contribution >= 4 is 17.4 Å². The summed E-state index contributed by atoms with van der Waals surface area (Å²) in [7, 11) is 0. The minimum Gasteiger partial charge on any atom is -0.355 e. The predicted octanol–water partition coefficient (Wildman–Crippen LogP) is 3.16. The van der Waals surface area contributed by atoms with Crippen LogP contribution in [-0.2, 0) is 0 Å². The van der Waals surface area contributed by atoms with E-state index in [1.54, 1.807) is 0 Å². The van der Waals surface area contributed by atoms with Gasteiger partial charge in [0.25, 0.3) is 0 Å². The van der Waals surface area contributed by atoms with Crippen LogP contribution in [0.5, 0.6) is 0 Å². The number of hydrogen-bond donors (Lipinski definition) is 0. The summed E-state index contributed by atoms with van der Waals surface area (Å²) in [6, 6.07) is 0. The Bertz CT molecular complexity index is 458. The van der Waals surface area contributed by atoms with Crippen LogP contribution in [0.25, 0.3) is 0 Å². The molecule has 2 fully saturated rings. The third kappa shape index (κ3) is 2.01. The Morgan fingerprint density at radius 1 is 1.24 bits per heavy atom. The van der Waals surface area contributed by atoms with E-state index < -0.39 is 0 Å². The van der Waals surface area contributed by atoms with Gasteiger partial charge in [0.2, 0.25) is 0 Å². The van der Waals surface area contributed by atoms with Crippen LogP contribution in [0, 0.1) is 12.3 Å². The van der Waals surface area contributed by atoms with Crippen LogP contribution in [0.2, 0.25) is 5.15 Å². The van der Waals surface area contributed by atoms with E-state index in [2.05, 4.69) is 23.7 Å². The summed E-state index contributed by atoms with van der Waals surface area (Å²) in [5.41, 5.74) is 1.43. The van der Waals surface area contributed by atoms with Crippen molar-refractivity contribution in [2.24, 2.45) is 5.41 Å². The number of aromatic nitrogens is 2. The van der Waals surface area contributed by atoms with Crippen LogP contribution in [-0.4, -0.2) is 23.1 Å². The fraction of sp³-hybridized carbons (Fsp3) is 0.692. The van der Waals surface area contributed by atoms with Gasteiger partial charge in [0.15, 0.2) is 0 Å². The minimum atomic E-state index is 0.406. The predicted molar refractivity (Wildman–Crippen MR) is 69.7 cm³/mol. The summed E-state index contributed by atoms with van der Waals surface area (Å²) < 4.78 is 0. The van der Waals surface area contributed by atoms with Crippen LogP contribution in [0.15, 0.2) is 0 Å². The Morgan fingerprint density at radius 3 is 2.41 bits per heavy atom. The van der Waals surface area contributed by atoms with Crippen LogP contribution in [0.3, 0.4) is 0 Å². The summed E-state index contributed by atoms with van der Waals surface area (Å²) in [6.45, 7) is 8.70. The number of rotatable bonds is 2. The molecule has 0 amide bonds. The highest BCUT2D eigenvalue weighted by Crippen LogP contribution is 2.41. The van der Waals surface area contributed by atoms with Gasteiger partial charge in [0, 0.05) is 24.6 Å². The average molecular weight is 252 g/mol. The lowest BCUT2D eigenvalue weighted by atomic mass is 9.84. The maximum absolute atomic E-state index is 6.21. The highest BCUT2D eigenvalue weighted by atomic mass is 35.5. The topological polar surface area (TPSA) is 29.0 Å². The molecule has 3 nitrogen and oxygen atoms in total. The molecule has 1 aromatic heterocycles. The third-order valence-corrected chi connectivity index (χ3v) is 3.93. The average Bonchev–Trinajstić information content (AvgIpc) is 3.01. The maximum Gasteiger partial charge on any atom is 0.137 e. The summed E-state index contributed by atoms with van der Waals surface area (Å²) in [5, 5.41) is 0.626. The second kappa shape index (κ2) is 3.58. The monoisotopic (exact) mass is 251 g/mol. The first kappa shape index (κ1) is 11.3. The second-order valence-electron chi connectivity index (χ2n) is 6.12. The van der Waals surface area contributed by atoms with Gasteiger partial charge in [-0.1, -0.05) is 25.4 Å². The van der Waals surface area contributed by atoms with Gasteiger partial charge in [-0.15, -0.1) is 0 Å². The van der Waals surface area contributed by atoms with Gasteiger partial charge in [0.05, 0.1) is 0 Å². The summed E-state index contributed by atoms with van der Waals surface area (Å²) in [4.78, 5) is 11.4. The van der Waals surface area contributed by atoms with E-state index in [-0.39, 0.29) is 0 Å². The van der Waals surface area contributed by atoms with Crippen molar-refractivity contribution in [2.75, 3.05) is 18.0 Å². The van der Waals surface area contributed by atoms with Crippen molar-refractivity contribution in [1.29, 1.82) is 0 Å². The zero-order valence-corrected chi connectivity index (χ0v) is 11.4. The molecule has 0 aromatic carbocycles. The van der Waals surface area contributed by atoms with Gasteiger partial charge in [-0.2, -0.15) is 0 Å². The van der Waals surface area contributed by atoms with Crippen molar-refractivity contribution in [2.45, 2.75) is 39.5 Å². The summed E-state index contributed by atoms with van der Waals surface area (Å²) >= 11 is 6.21. The molecule has 0 unspecified atom stereocenters. The molecule has 0 atom stereocenters. The quantitative estimate of drug-likeness (QED) is 0.756. The van der Waals surface area contributed by atoms with Crippen LogP contribution < -0.4 is 4.90 Å². The number of nitrogens with zero attached hydrogens (tertiary/aromatic N) is 3. The Labute approximate surface area is 107 Å². The normalized spacial score (nSPS) is 22.5. The Morgan fingerprint density at radius 2 is 1.88 bits per heavy atom. The molecule has 1 aliphatic heterocycles. The van der Waals surface area contributed by atoms with Gasteiger partial charge in [-0.3, -0.25) is 0 Å². The molecular formula is C13H18ClN3. The fourth-order valence-electron chi connectivity index (χ4n) is 2.46. The zero-order valence-electron chi connectivity index (χ0n) is 10.6. The molecule has 2 heterocycles. The lowest BCUT2D eigenvalue weighted by Crippen LogP contribution is -2.53. The van der Waals surface area contributed by atoms with Crippen molar-refractivity contribution in [3.63, 3.8) is 0 Å². The molecule has 0 bridgehead atoms. The minimum absolute atomic E-state index is 0.406. The molecule has 0 radical (unpaired) electrons. The Balaban J connectivity index is 1.92.